The van der Waals surface area contributed by atoms with Crippen molar-refractivity contribution in [3.8, 4) is 0 Å². The number of hydrogen-bond donors (Lipinski definition) is 1. The van der Waals surface area contributed by atoms with Crippen molar-refractivity contribution in [2.45, 2.75) is 20.0 Å². The second-order valence-corrected chi connectivity index (χ2v) is 5.73. The van der Waals surface area contributed by atoms with Crippen LogP contribution in [0.3, 0.4) is 0 Å². The first-order chi connectivity index (χ1) is 9.36. The smallest absolute Gasteiger partial charge is 0.0569 e. The van der Waals surface area contributed by atoms with Crippen molar-refractivity contribution < 1.29 is 0 Å². The Morgan fingerprint density at radius 3 is 2.95 bits per heavy atom. The molecular weight excluding hydrogens is 252 g/mol. The lowest BCUT2D eigenvalue weighted by molar-refractivity contribution is 0.727. The van der Waals surface area contributed by atoms with Crippen molar-refractivity contribution in [1.29, 1.82) is 0 Å². The van der Waals surface area contributed by atoms with Crippen molar-refractivity contribution >= 4 is 22.2 Å². The van der Waals surface area contributed by atoms with Crippen molar-refractivity contribution in [2.75, 3.05) is 6.54 Å². The fraction of sp³-hybridized carbons (Fsp3) is 0.250. The molecule has 2 heterocycles. The highest BCUT2D eigenvalue weighted by molar-refractivity contribution is 7.09. The van der Waals surface area contributed by atoms with Gasteiger partial charge in [-0.3, -0.25) is 0 Å². The van der Waals surface area contributed by atoms with E-state index in [4.69, 9.17) is 0 Å². The second kappa shape index (κ2) is 5.59. The lowest BCUT2D eigenvalue weighted by Crippen LogP contribution is -2.11. The first kappa shape index (κ1) is 12.5. The van der Waals surface area contributed by atoms with Crippen LogP contribution in [0, 0.1) is 0 Å². The van der Waals surface area contributed by atoms with Gasteiger partial charge in [0.25, 0.3) is 0 Å². The zero-order valence-electron chi connectivity index (χ0n) is 11.1. The van der Waals surface area contributed by atoms with Gasteiger partial charge in [-0.15, -0.1) is 11.3 Å². The number of aromatic nitrogens is 1. The van der Waals surface area contributed by atoms with Gasteiger partial charge < -0.3 is 9.88 Å². The van der Waals surface area contributed by atoms with E-state index in [2.05, 4.69) is 64.8 Å². The normalized spacial score (nSPS) is 11.2. The highest BCUT2D eigenvalue weighted by Crippen LogP contribution is 2.20. The first-order valence-electron chi connectivity index (χ1n) is 6.67. The zero-order valence-corrected chi connectivity index (χ0v) is 11.9. The van der Waals surface area contributed by atoms with Crippen molar-refractivity contribution in [3.63, 3.8) is 0 Å². The minimum absolute atomic E-state index is 0.947. The fourth-order valence-electron chi connectivity index (χ4n) is 2.34. The van der Waals surface area contributed by atoms with Crippen LogP contribution in [0.1, 0.15) is 17.4 Å². The maximum absolute atomic E-state index is 3.37. The number of thiophene rings is 1. The summed E-state index contributed by atoms with van der Waals surface area (Å²) in [6.45, 7) is 5.06. The van der Waals surface area contributed by atoms with Gasteiger partial charge in [-0.05, 0) is 47.1 Å². The SMILES string of the molecule is CCNCc1ccc2c(ccn2Cc2cccs2)c1. The number of benzene rings is 1. The Morgan fingerprint density at radius 1 is 1.21 bits per heavy atom. The summed E-state index contributed by atoms with van der Waals surface area (Å²) in [6.07, 6.45) is 2.18. The molecule has 0 saturated carbocycles. The molecule has 19 heavy (non-hydrogen) atoms. The first-order valence-corrected chi connectivity index (χ1v) is 7.55. The number of rotatable bonds is 5. The van der Waals surface area contributed by atoms with E-state index < -0.39 is 0 Å². The average Bonchev–Trinajstić information content (AvgIpc) is 3.07. The Balaban J connectivity index is 1.87. The van der Waals surface area contributed by atoms with Crippen LogP contribution in [0.15, 0.2) is 48.0 Å². The summed E-state index contributed by atoms with van der Waals surface area (Å²) in [5.74, 6) is 0. The summed E-state index contributed by atoms with van der Waals surface area (Å²) >= 11 is 1.81. The van der Waals surface area contributed by atoms with Crippen molar-refractivity contribution in [1.82, 2.24) is 9.88 Å². The van der Waals surface area contributed by atoms with Gasteiger partial charge >= 0.3 is 0 Å². The van der Waals surface area contributed by atoms with Gasteiger partial charge in [-0.25, -0.2) is 0 Å². The van der Waals surface area contributed by atoms with E-state index in [0.29, 0.717) is 0 Å². The summed E-state index contributed by atoms with van der Waals surface area (Å²) < 4.78 is 2.32. The fourth-order valence-corrected chi connectivity index (χ4v) is 3.04. The van der Waals surface area contributed by atoms with E-state index in [0.717, 1.165) is 19.6 Å². The van der Waals surface area contributed by atoms with Gasteiger partial charge in [-0.2, -0.15) is 0 Å². The molecule has 3 rings (SSSR count). The summed E-state index contributed by atoms with van der Waals surface area (Å²) in [4.78, 5) is 1.40. The highest BCUT2D eigenvalue weighted by Gasteiger charge is 2.03. The molecule has 0 spiro atoms. The Morgan fingerprint density at radius 2 is 2.16 bits per heavy atom. The Hall–Kier alpha value is -1.58. The van der Waals surface area contributed by atoms with E-state index in [1.54, 1.807) is 0 Å². The number of nitrogens with zero attached hydrogens (tertiary/aromatic N) is 1. The lowest BCUT2D eigenvalue weighted by Gasteiger charge is -2.05. The van der Waals surface area contributed by atoms with Gasteiger partial charge in [0.05, 0.1) is 6.54 Å². The van der Waals surface area contributed by atoms with Crippen molar-refractivity contribution in [2.24, 2.45) is 0 Å². The molecule has 2 nitrogen and oxygen atoms in total. The third kappa shape index (κ3) is 2.72. The summed E-state index contributed by atoms with van der Waals surface area (Å²) in [7, 11) is 0. The van der Waals surface area contributed by atoms with Crippen LogP contribution in [0.25, 0.3) is 10.9 Å². The molecule has 1 N–H and O–H groups in total. The third-order valence-corrected chi connectivity index (χ3v) is 4.18. The molecule has 2 aromatic heterocycles. The summed E-state index contributed by atoms with van der Waals surface area (Å²) in [5.41, 5.74) is 2.66. The van der Waals surface area contributed by atoms with Crippen LogP contribution in [0.4, 0.5) is 0 Å². The second-order valence-electron chi connectivity index (χ2n) is 4.70. The lowest BCUT2D eigenvalue weighted by atomic mass is 10.1. The number of nitrogens with one attached hydrogen (secondary N) is 1. The molecule has 0 aliphatic rings. The molecule has 0 aliphatic carbocycles. The molecule has 98 valence electrons. The molecule has 0 amide bonds. The highest BCUT2D eigenvalue weighted by atomic mass is 32.1. The number of hydrogen-bond acceptors (Lipinski definition) is 2. The predicted molar refractivity (Wildman–Crippen MR) is 82.7 cm³/mol. The van der Waals surface area contributed by atoms with E-state index in [1.807, 2.05) is 11.3 Å². The predicted octanol–water partition coefficient (Wildman–Crippen LogP) is 3.86. The van der Waals surface area contributed by atoms with Gasteiger partial charge in [-0.1, -0.05) is 19.1 Å². The third-order valence-electron chi connectivity index (χ3n) is 3.32. The van der Waals surface area contributed by atoms with E-state index in [-0.39, 0.29) is 0 Å². The quantitative estimate of drug-likeness (QED) is 0.745. The molecule has 0 fully saturated rings. The van der Waals surface area contributed by atoms with E-state index in [9.17, 15) is 0 Å². The molecule has 0 saturated heterocycles. The standard InChI is InChI=1S/C16H18N2S/c1-2-17-11-13-5-6-16-14(10-13)7-8-18(16)12-15-4-3-9-19-15/h3-10,17H,2,11-12H2,1H3. The summed E-state index contributed by atoms with van der Waals surface area (Å²) in [6, 6.07) is 13.2. The van der Waals surface area contributed by atoms with E-state index in [1.165, 1.54) is 21.3 Å². The van der Waals surface area contributed by atoms with Crippen LogP contribution in [0.2, 0.25) is 0 Å². The molecule has 0 aliphatic heterocycles. The molecular formula is C16H18N2S. The maximum atomic E-state index is 3.37. The van der Waals surface area contributed by atoms with Crippen molar-refractivity contribution in [3.05, 3.63) is 58.4 Å². The molecule has 3 heteroatoms. The maximum Gasteiger partial charge on any atom is 0.0569 e. The minimum Gasteiger partial charge on any atom is -0.342 e. The van der Waals surface area contributed by atoms with Crippen LogP contribution in [-0.4, -0.2) is 11.1 Å². The van der Waals surface area contributed by atoms with Gasteiger partial charge in [0, 0.05) is 23.1 Å². The Bertz CT molecular complexity index is 653. The van der Waals surface area contributed by atoms with Crippen LogP contribution in [-0.2, 0) is 13.1 Å². The Labute approximate surface area is 117 Å². The molecule has 3 aromatic rings. The van der Waals surface area contributed by atoms with Gasteiger partial charge in [0.15, 0.2) is 0 Å². The molecule has 0 radical (unpaired) electrons. The molecule has 0 unspecified atom stereocenters. The van der Waals surface area contributed by atoms with Crippen LogP contribution < -0.4 is 5.32 Å². The van der Waals surface area contributed by atoms with Crippen LogP contribution in [0.5, 0.6) is 0 Å². The zero-order chi connectivity index (χ0) is 13.1. The minimum atomic E-state index is 0.947. The van der Waals surface area contributed by atoms with Gasteiger partial charge in [0.2, 0.25) is 0 Å². The summed E-state index contributed by atoms with van der Waals surface area (Å²) in [5, 5.41) is 6.83. The van der Waals surface area contributed by atoms with Crippen LogP contribution >= 0.6 is 11.3 Å². The topological polar surface area (TPSA) is 17.0 Å². The van der Waals surface area contributed by atoms with Gasteiger partial charge in [0.1, 0.15) is 0 Å². The average molecular weight is 270 g/mol. The molecule has 0 bridgehead atoms. The monoisotopic (exact) mass is 270 g/mol. The largest absolute Gasteiger partial charge is 0.342 e. The molecule has 0 atom stereocenters. The van der Waals surface area contributed by atoms with E-state index >= 15 is 0 Å². The number of fused-ring (bicyclic) bond motifs is 1. The molecule has 1 aromatic carbocycles. The Kier molecular flexibility index (Phi) is 3.67.